The van der Waals surface area contributed by atoms with Gasteiger partial charge in [0, 0.05) is 6.08 Å². The monoisotopic (exact) mass is 513 g/mol. The molecule has 0 saturated carbocycles. The van der Waals surface area contributed by atoms with E-state index in [0.717, 1.165) is 11.1 Å². The normalized spacial score (nSPS) is 9.75. The molecule has 0 amide bonds. The molecule has 0 heterocycles. The summed E-state index contributed by atoms with van der Waals surface area (Å²) in [5.41, 5.74) is 1.94. The van der Waals surface area contributed by atoms with E-state index in [1.54, 1.807) is 19.1 Å². The molecule has 0 aliphatic heterocycles. The highest BCUT2D eigenvalue weighted by Crippen LogP contribution is 2.02. The summed E-state index contributed by atoms with van der Waals surface area (Å²) < 4.78 is 4.75. The van der Waals surface area contributed by atoms with E-state index in [9.17, 15) is 9.59 Å². The average molecular weight is 514 g/mol. The molecule has 2 aromatic carbocycles. The van der Waals surface area contributed by atoms with Crippen LogP contribution in [0.15, 0.2) is 97.5 Å². The standard InChI is InChI=1S/C12H12O2.C9H7ClO.C6H15N.C3H6O/c1-10(2)14-12(13)9-8-11-6-4-3-5-7-11;10-9(11)7-6-8-4-2-1-3-5-8;1-4-7(5-2)6-3;1-3(2)4/h3-9H,1H2,2H3;1-7H;4-6H2,1-3H3;4H,1H2,2H3/b9-8+;7-6+;;. The second-order valence-corrected chi connectivity index (χ2v) is 7.64. The van der Waals surface area contributed by atoms with Gasteiger partial charge in [-0.1, -0.05) is 101 Å². The van der Waals surface area contributed by atoms with Crippen molar-refractivity contribution in [3.63, 3.8) is 0 Å². The van der Waals surface area contributed by atoms with Crippen molar-refractivity contribution in [1.29, 1.82) is 0 Å². The van der Waals surface area contributed by atoms with Crippen molar-refractivity contribution in [2.24, 2.45) is 0 Å². The van der Waals surface area contributed by atoms with E-state index < -0.39 is 11.2 Å². The molecule has 0 spiro atoms. The molecule has 0 bridgehead atoms. The number of aliphatic hydroxyl groups excluding tert-OH is 1. The van der Waals surface area contributed by atoms with Crippen LogP contribution in [0.1, 0.15) is 45.7 Å². The van der Waals surface area contributed by atoms with Crippen molar-refractivity contribution < 1.29 is 19.4 Å². The van der Waals surface area contributed by atoms with E-state index in [0.29, 0.717) is 5.76 Å². The number of allylic oxidation sites excluding steroid dienone is 3. The minimum atomic E-state index is -0.450. The second kappa shape index (κ2) is 23.3. The summed E-state index contributed by atoms with van der Waals surface area (Å²) in [6.07, 6.45) is 6.08. The van der Waals surface area contributed by atoms with Gasteiger partial charge in [0.05, 0.1) is 11.5 Å². The molecule has 0 radical (unpaired) electrons. The number of rotatable bonds is 8. The van der Waals surface area contributed by atoms with E-state index in [-0.39, 0.29) is 5.76 Å². The first-order valence-electron chi connectivity index (χ1n) is 11.6. The zero-order chi connectivity index (χ0) is 27.8. The number of esters is 1. The molecule has 0 aliphatic rings. The Labute approximate surface area is 222 Å². The summed E-state index contributed by atoms with van der Waals surface area (Å²) in [5, 5.41) is 7.41. The van der Waals surface area contributed by atoms with Gasteiger partial charge < -0.3 is 14.7 Å². The minimum absolute atomic E-state index is 0.167. The molecule has 0 fully saturated rings. The van der Waals surface area contributed by atoms with Crippen LogP contribution in [0.25, 0.3) is 12.2 Å². The van der Waals surface area contributed by atoms with Crippen LogP contribution in [-0.2, 0) is 14.3 Å². The third-order valence-electron chi connectivity index (χ3n) is 4.03. The number of nitrogens with zero attached hydrogens (tertiary/aromatic N) is 1. The zero-order valence-electron chi connectivity index (χ0n) is 22.1. The van der Waals surface area contributed by atoms with Crippen LogP contribution in [0.3, 0.4) is 0 Å². The lowest BCUT2D eigenvalue weighted by Crippen LogP contribution is -2.21. The average Bonchev–Trinajstić information content (AvgIpc) is 2.84. The van der Waals surface area contributed by atoms with E-state index in [1.807, 2.05) is 60.7 Å². The third-order valence-corrected chi connectivity index (χ3v) is 4.16. The van der Waals surface area contributed by atoms with Crippen molar-refractivity contribution in [1.82, 2.24) is 4.90 Å². The molecule has 2 rings (SSSR count). The van der Waals surface area contributed by atoms with Crippen LogP contribution in [0.2, 0.25) is 0 Å². The van der Waals surface area contributed by atoms with Crippen LogP contribution in [0.4, 0.5) is 0 Å². The maximum Gasteiger partial charge on any atom is 0.335 e. The molecule has 5 nitrogen and oxygen atoms in total. The number of ether oxygens (including phenoxy) is 1. The molecule has 0 aromatic heterocycles. The lowest BCUT2D eigenvalue weighted by Gasteiger charge is -2.13. The smallest absolute Gasteiger partial charge is 0.335 e. The topological polar surface area (TPSA) is 66.8 Å². The molecule has 2 aromatic rings. The van der Waals surface area contributed by atoms with Gasteiger partial charge in [0.1, 0.15) is 0 Å². The van der Waals surface area contributed by atoms with Crippen LogP contribution in [0.5, 0.6) is 0 Å². The Morgan fingerprint density at radius 1 is 0.833 bits per heavy atom. The van der Waals surface area contributed by atoms with Gasteiger partial charge in [0.2, 0.25) is 5.24 Å². The maximum atomic E-state index is 11.1. The summed E-state index contributed by atoms with van der Waals surface area (Å²) in [7, 11) is 0. The number of benzene rings is 2. The summed E-state index contributed by atoms with van der Waals surface area (Å²) in [6.45, 7) is 19.9. The fourth-order valence-corrected chi connectivity index (χ4v) is 2.39. The van der Waals surface area contributed by atoms with Gasteiger partial charge in [-0.05, 0) is 68.4 Å². The number of carbonyl (C=O) groups excluding carboxylic acids is 2. The second-order valence-electron chi connectivity index (χ2n) is 7.27. The zero-order valence-corrected chi connectivity index (χ0v) is 22.9. The number of hydrogen-bond donors (Lipinski definition) is 1. The Hall–Kier alpha value is -3.41. The minimum Gasteiger partial charge on any atom is -0.513 e. The Kier molecular flexibility index (Phi) is 22.5. The van der Waals surface area contributed by atoms with Crippen molar-refractivity contribution in [3.05, 3.63) is 109 Å². The molecular formula is C30H40ClNO4. The van der Waals surface area contributed by atoms with Gasteiger partial charge in [-0.15, -0.1) is 0 Å². The number of hydrogen-bond acceptors (Lipinski definition) is 5. The highest BCUT2D eigenvalue weighted by atomic mass is 35.5. The molecule has 6 heteroatoms. The molecule has 0 aliphatic carbocycles. The number of halogens is 1. The van der Waals surface area contributed by atoms with Gasteiger partial charge in [-0.25, -0.2) is 4.79 Å². The van der Waals surface area contributed by atoms with Crippen LogP contribution in [0, 0.1) is 0 Å². The molecule has 0 saturated heterocycles. The molecular weight excluding hydrogens is 474 g/mol. The largest absolute Gasteiger partial charge is 0.513 e. The maximum absolute atomic E-state index is 11.1. The van der Waals surface area contributed by atoms with Crippen LogP contribution >= 0.6 is 11.6 Å². The third kappa shape index (κ3) is 25.2. The summed E-state index contributed by atoms with van der Waals surface area (Å²) in [4.78, 5) is 23.7. The Balaban J connectivity index is 0. The van der Waals surface area contributed by atoms with E-state index in [1.165, 1.54) is 38.7 Å². The summed E-state index contributed by atoms with van der Waals surface area (Å²) in [6, 6.07) is 19.1. The first-order valence-corrected chi connectivity index (χ1v) is 12.0. The first kappa shape index (κ1) is 34.8. The van der Waals surface area contributed by atoms with Crippen molar-refractivity contribution in [3.8, 4) is 0 Å². The molecule has 0 unspecified atom stereocenters. The van der Waals surface area contributed by atoms with Crippen molar-refractivity contribution in [2.45, 2.75) is 34.6 Å². The molecule has 1 N–H and O–H groups in total. The summed E-state index contributed by atoms with van der Waals surface area (Å²) >= 11 is 5.10. The van der Waals surface area contributed by atoms with Crippen LogP contribution < -0.4 is 0 Å². The van der Waals surface area contributed by atoms with E-state index >= 15 is 0 Å². The SMILES string of the molecule is C=C(C)O.C=C(C)OC(=O)/C=C/c1ccccc1.CCN(CC)CC.O=C(Cl)/C=C/c1ccccc1. The predicted octanol–water partition coefficient (Wildman–Crippen LogP) is 7.67. The number of aliphatic hydroxyl groups is 1. The van der Waals surface area contributed by atoms with E-state index in [2.05, 4.69) is 38.8 Å². The van der Waals surface area contributed by atoms with Gasteiger partial charge in [0.15, 0.2) is 0 Å². The molecule has 36 heavy (non-hydrogen) atoms. The van der Waals surface area contributed by atoms with Gasteiger partial charge in [0.25, 0.3) is 0 Å². The van der Waals surface area contributed by atoms with Crippen molar-refractivity contribution >= 4 is 35.0 Å². The lowest BCUT2D eigenvalue weighted by molar-refractivity contribution is -0.133. The first-order chi connectivity index (χ1) is 17.0. The fraction of sp³-hybridized carbons (Fsp3) is 0.267. The molecule has 0 atom stereocenters. The Morgan fingerprint density at radius 2 is 1.19 bits per heavy atom. The number of carbonyl (C=O) groups is 2. The Morgan fingerprint density at radius 3 is 1.47 bits per heavy atom. The summed E-state index contributed by atoms with van der Waals surface area (Å²) in [5.74, 6) is 0.161. The van der Waals surface area contributed by atoms with Crippen LogP contribution in [-0.4, -0.2) is 40.9 Å². The fourth-order valence-electron chi connectivity index (χ4n) is 2.33. The Bertz CT molecular complexity index is 924. The highest BCUT2D eigenvalue weighted by Gasteiger charge is 1.95. The van der Waals surface area contributed by atoms with E-state index in [4.69, 9.17) is 21.4 Å². The van der Waals surface area contributed by atoms with Crippen molar-refractivity contribution in [2.75, 3.05) is 19.6 Å². The quantitative estimate of drug-likeness (QED) is 0.170. The van der Waals surface area contributed by atoms with Gasteiger partial charge in [-0.2, -0.15) is 0 Å². The van der Waals surface area contributed by atoms with Gasteiger partial charge in [-0.3, -0.25) is 4.79 Å². The van der Waals surface area contributed by atoms with Gasteiger partial charge >= 0.3 is 5.97 Å². The molecule has 196 valence electrons. The predicted molar refractivity (Wildman–Crippen MR) is 154 cm³/mol. The lowest BCUT2D eigenvalue weighted by atomic mass is 10.2. The highest BCUT2D eigenvalue weighted by molar-refractivity contribution is 6.66.